The molecule has 0 fully saturated rings. The molecular formula is C28H31NO5. The van der Waals surface area contributed by atoms with Crippen molar-refractivity contribution in [1.29, 1.82) is 0 Å². The van der Waals surface area contributed by atoms with Crippen molar-refractivity contribution >= 4 is 5.97 Å². The van der Waals surface area contributed by atoms with Gasteiger partial charge in [0.05, 0.1) is 13.0 Å². The molecule has 34 heavy (non-hydrogen) atoms. The second-order valence-corrected chi connectivity index (χ2v) is 8.65. The first kappa shape index (κ1) is 23.6. The summed E-state index contributed by atoms with van der Waals surface area (Å²) in [5.41, 5.74) is 3.25. The smallest absolute Gasteiger partial charge is 0.307 e. The number of carboxylic acids is 1. The van der Waals surface area contributed by atoms with E-state index in [2.05, 4.69) is 48.2 Å². The summed E-state index contributed by atoms with van der Waals surface area (Å²) >= 11 is 0. The summed E-state index contributed by atoms with van der Waals surface area (Å²) in [5, 5.41) is 9.00. The zero-order chi connectivity index (χ0) is 23.8. The van der Waals surface area contributed by atoms with Gasteiger partial charge in [-0.25, -0.2) is 0 Å². The van der Waals surface area contributed by atoms with Gasteiger partial charge in [0.1, 0.15) is 5.75 Å². The third kappa shape index (κ3) is 6.75. The Balaban J connectivity index is 1.36. The molecule has 6 heteroatoms. The molecule has 6 nitrogen and oxygen atoms in total. The van der Waals surface area contributed by atoms with Crippen molar-refractivity contribution in [3.05, 3.63) is 89.5 Å². The van der Waals surface area contributed by atoms with Crippen LogP contribution in [0.2, 0.25) is 0 Å². The van der Waals surface area contributed by atoms with Crippen molar-refractivity contribution in [2.24, 2.45) is 0 Å². The van der Waals surface area contributed by atoms with Gasteiger partial charge in [-0.05, 0) is 53.3 Å². The fourth-order valence-corrected chi connectivity index (χ4v) is 4.20. The molecule has 0 aromatic heterocycles. The Kier molecular flexibility index (Phi) is 8.04. The van der Waals surface area contributed by atoms with Crippen molar-refractivity contribution in [2.45, 2.75) is 32.2 Å². The van der Waals surface area contributed by atoms with E-state index in [0.29, 0.717) is 18.3 Å². The number of ether oxygens (including phenoxy) is 3. The lowest BCUT2D eigenvalue weighted by molar-refractivity contribution is -0.136. The summed E-state index contributed by atoms with van der Waals surface area (Å²) in [4.78, 5) is 13.4. The Morgan fingerprint density at radius 3 is 2.65 bits per heavy atom. The first-order valence-electron chi connectivity index (χ1n) is 11.7. The molecule has 0 aliphatic carbocycles. The number of benzene rings is 3. The number of hydrogen-bond donors (Lipinski definition) is 1. The molecule has 1 N–H and O–H groups in total. The summed E-state index contributed by atoms with van der Waals surface area (Å²) in [6.45, 7) is 5.70. The fourth-order valence-electron chi connectivity index (χ4n) is 4.20. The quantitative estimate of drug-likeness (QED) is 0.378. The van der Waals surface area contributed by atoms with Gasteiger partial charge in [-0.15, -0.1) is 0 Å². The van der Waals surface area contributed by atoms with E-state index in [1.807, 2.05) is 24.3 Å². The van der Waals surface area contributed by atoms with Crippen LogP contribution in [0.3, 0.4) is 0 Å². The molecule has 4 rings (SSSR count). The van der Waals surface area contributed by atoms with Crippen LogP contribution in [0.25, 0.3) is 0 Å². The Hall–Kier alpha value is -3.51. The topological polar surface area (TPSA) is 68.2 Å². The molecule has 0 bridgehead atoms. The number of hydrogen-bond acceptors (Lipinski definition) is 5. The monoisotopic (exact) mass is 461 g/mol. The van der Waals surface area contributed by atoms with Crippen LogP contribution in [0.5, 0.6) is 17.2 Å². The van der Waals surface area contributed by atoms with E-state index >= 15 is 0 Å². The van der Waals surface area contributed by atoms with Crippen LogP contribution in [0.15, 0.2) is 72.8 Å². The first-order valence-corrected chi connectivity index (χ1v) is 11.7. The molecular weight excluding hydrogens is 430 g/mol. The highest BCUT2D eigenvalue weighted by Gasteiger charge is 2.17. The van der Waals surface area contributed by atoms with E-state index in [9.17, 15) is 4.79 Å². The van der Waals surface area contributed by atoms with Gasteiger partial charge in [0.15, 0.2) is 11.5 Å². The van der Waals surface area contributed by atoms with Crippen LogP contribution < -0.4 is 14.2 Å². The SMILES string of the molecule is CC(CN(CCCOc1cccc(CC(=O)O)c1)Cc1ccc2c(c1)OCO2)c1ccccc1. The lowest BCUT2D eigenvalue weighted by Gasteiger charge is -2.26. The maximum atomic E-state index is 11.0. The van der Waals surface area contributed by atoms with E-state index in [0.717, 1.165) is 43.1 Å². The molecule has 1 unspecified atom stereocenters. The molecule has 0 radical (unpaired) electrons. The van der Waals surface area contributed by atoms with E-state index in [1.54, 1.807) is 12.1 Å². The summed E-state index contributed by atoms with van der Waals surface area (Å²) < 4.78 is 16.9. The molecule has 0 saturated carbocycles. The molecule has 0 spiro atoms. The summed E-state index contributed by atoms with van der Waals surface area (Å²) in [6, 6.07) is 24.0. The molecule has 178 valence electrons. The zero-order valence-electron chi connectivity index (χ0n) is 19.5. The van der Waals surface area contributed by atoms with Crippen LogP contribution in [0.1, 0.15) is 36.0 Å². The predicted molar refractivity (Wildman–Crippen MR) is 131 cm³/mol. The molecule has 0 amide bonds. The Morgan fingerprint density at radius 1 is 1.00 bits per heavy atom. The third-order valence-corrected chi connectivity index (χ3v) is 5.89. The number of carbonyl (C=O) groups is 1. The van der Waals surface area contributed by atoms with Gasteiger partial charge < -0.3 is 19.3 Å². The average molecular weight is 462 g/mol. The second-order valence-electron chi connectivity index (χ2n) is 8.65. The molecule has 0 saturated heterocycles. The minimum Gasteiger partial charge on any atom is -0.494 e. The van der Waals surface area contributed by atoms with E-state index in [1.165, 1.54) is 11.1 Å². The van der Waals surface area contributed by atoms with Gasteiger partial charge in [0, 0.05) is 19.6 Å². The number of aliphatic carboxylic acids is 1. The molecule has 1 heterocycles. The van der Waals surface area contributed by atoms with Gasteiger partial charge in [-0.2, -0.15) is 0 Å². The lowest BCUT2D eigenvalue weighted by Crippen LogP contribution is -2.29. The van der Waals surface area contributed by atoms with Crippen molar-refractivity contribution < 1.29 is 24.1 Å². The van der Waals surface area contributed by atoms with Gasteiger partial charge in [0.2, 0.25) is 6.79 Å². The summed E-state index contributed by atoms with van der Waals surface area (Å²) in [5.74, 6) is 1.86. The average Bonchev–Trinajstić information content (AvgIpc) is 3.30. The minimum absolute atomic E-state index is 0.00210. The van der Waals surface area contributed by atoms with Gasteiger partial charge in [-0.3, -0.25) is 9.69 Å². The van der Waals surface area contributed by atoms with Crippen LogP contribution in [0, 0.1) is 0 Å². The first-order chi connectivity index (χ1) is 16.6. The number of fused-ring (bicyclic) bond motifs is 1. The highest BCUT2D eigenvalue weighted by atomic mass is 16.7. The van der Waals surface area contributed by atoms with Crippen LogP contribution in [0.4, 0.5) is 0 Å². The Morgan fingerprint density at radius 2 is 1.82 bits per heavy atom. The zero-order valence-corrected chi connectivity index (χ0v) is 19.5. The Bertz CT molecular complexity index is 1090. The van der Waals surface area contributed by atoms with Crippen LogP contribution >= 0.6 is 0 Å². The second kappa shape index (κ2) is 11.6. The molecule has 3 aromatic rings. The van der Waals surface area contributed by atoms with Crippen LogP contribution in [-0.4, -0.2) is 42.5 Å². The third-order valence-electron chi connectivity index (χ3n) is 5.89. The number of carboxylic acid groups (broad SMARTS) is 1. The maximum Gasteiger partial charge on any atom is 0.307 e. The fraction of sp³-hybridized carbons (Fsp3) is 0.321. The van der Waals surface area contributed by atoms with Gasteiger partial charge in [0.25, 0.3) is 0 Å². The maximum absolute atomic E-state index is 11.0. The van der Waals surface area contributed by atoms with E-state index < -0.39 is 5.97 Å². The summed E-state index contributed by atoms with van der Waals surface area (Å²) in [7, 11) is 0. The van der Waals surface area contributed by atoms with Gasteiger partial charge >= 0.3 is 5.97 Å². The number of rotatable bonds is 12. The van der Waals surface area contributed by atoms with Crippen molar-refractivity contribution in [1.82, 2.24) is 4.90 Å². The molecule has 3 aromatic carbocycles. The molecule has 1 aliphatic heterocycles. The van der Waals surface area contributed by atoms with E-state index in [4.69, 9.17) is 19.3 Å². The standard InChI is InChI=1S/C28H31NO5/c1-21(24-8-3-2-4-9-24)18-29(19-23-11-12-26-27(16-23)34-20-33-26)13-6-14-32-25-10-5-7-22(15-25)17-28(30)31/h2-5,7-12,15-16,21H,6,13-14,17-20H2,1H3,(H,30,31). The highest BCUT2D eigenvalue weighted by Crippen LogP contribution is 2.33. The largest absolute Gasteiger partial charge is 0.494 e. The van der Waals surface area contributed by atoms with Crippen molar-refractivity contribution in [3.8, 4) is 17.2 Å². The molecule has 1 aliphatic rings. The van der Waals surface area contributed by atoms with Gasteiger partial charge in [-0.1, -0.05) is 55.5 Å². The summed E-state index contributed by atoms with van der Waals surface area (Å²) in [6.07, 6.45) is 0.854. The van der Waals surface area contributed by atoms with Crippen molar-refractivity contribution in [2.75, 3.05) is 26.5 Å². The van der Waals surface area contributed by atoms with Crippen LogP contribution in [-0.2, 0) is 17.8 Å². The highest BCUT2D eigenvalue weighted by molar-refractivity contribution is 5.70. The lowest BCUT2D eigenvalue weighted by atomic mass is 10.0. The minimum atomic E-state index is -0.844. The normalized spacial score (nSPS) is 13.1. The number of nitrogens with zero attached hydrogens (tertiary/aromatic N) is 1. The Labute approximate surface area is 200 Å². The van der Waals surface area contributed by atoms with E-state index in [-0.39, 0.29) is 13.2 Å². The van der Waals surface area contributed by atoms with Crippen molar-refractivity contribution in [3.63, 3.8) is 0 Å². The predicted octanol–water partition coefficient (Wildman–Crippen LogP) is 5.12. The molecule has 1 atom stereocenters.